The van der Waals surface area contributed by atoms with Crippen LogP contribution >= 0.6 is 0 Å². The number of carbonyl (C=O) groups excluding carboxylic acids is 1. The number of para-hydroxylation sites is 2. The fraction of sp³-hybridized carbons (Fsp3) is 0.188. The summed E-state index contributed by atoms with van der Waals surface area (Å²) in [5.41, 5.74) is 0.878. The summed E-state index contributed by atoms with van der Waals surface area (Å²) < 4.78 is 41.9. The van der Waals surface area contributed by atoms with Crippen molar-refractivity contribution < 1.29 is 22.7 Å². The Hall–Kier alpha value is -2.70. The summed E-state index contributed by atoms with van der Waals surface area (Å²) in [5.74, 6) is -0.465. The van der Waals surface area contributed by atoms with Crippen LogP contribution in [0.2, 0.25) is 0 Å². The first-order chi connectivity index (χ1) is 11.0. The lowest BCUT2D eigenvalue weighted by Crippen LogP contribution is -2.30. The molecule has 2 rings (SSSR count). The van der Waals surface area contributed by atoms with Gasteiger partial charge < -0.3 is 15.4 Å². The molecule has 0 bridgehead atoms. The van der Waals surface area contributed by atoms with Gasteiger partial charge in [0.2, 0.25) is 0 Å². The molecule has 0 aromatic heterocycles. The molecule has 122 valence electrons. The second-order valence-electron chi connectivity index (χ2n) is 4.64. The second kappa shape index (κ2) is 8.07. The number of ether oxygens (including phenoxy) is 1. The predicted molar refractivity (Wildman–Crippen MR) is 80.2 cm³/mol. The Morgan fingerprint density at radius 3 is 2.65 bits per heavy atom. The maximum Gasteiger partial charge on any atom is 0.387 e. The van der Waals surface area contributed by atoms with E-state index in [1.165, 1.54) is 30.3 Å². The van der Waals surface area contributed by atoms with Gasteiger partial charge in [-0.25, -0.2) is 9.18 Å². The normalized spacial score (nSPS) is 10.4. The third-order valence-corrected chi connectivity index (χ3v) is 2.94. The SMILES string of the molecule is O=C(NCCc1cccc(F)c1)Nc1ccccc1OC(F)F. The van der Waals surface area contributed by atoms with Crippen molar-refractivity contribution in [2.45, 2.75) is 13.0 Å². The summed E-state index contributed by atoms with van der Waals surface area (Å²) >= 11 is 0. The van der Waals surface area contributed by atoms with E-state index in [-0.39, 0.29) is 23.8 Å². The minimum atomic E-state index is -2.98. The smallest absolute Gasteiger partial charge is 0.387 e. The molecule has 23 heavy (non-hydrogen) atoms. The van der Waals surface area contributed by atoms with Crippen LogP contribution in [0.5, 0.6) is 5.75 Å². The molecule has 2 amide bonds. The van der Waals surface area contributed by atoms with Gasteiger partial charge in [0.15, 0.2) is 0 Å². The van der Waals surface area contributed by atoms with Gasteiger partial charge in [-0.1, -0.05) is 24.3 Å². The molecular weight excluding hydrogens is 309 g/mol. The van der Waals surface area contributed by atoms with Crippen LogP contribution in [0.3, 0.4) is 0 Å². The molecule has 0 aliphatic heterocycles. The Balaban J connectivity index is 1.85. The minimum Gasteiger partial charge on any atom is -0.433 e. The molecule has 2 aromatic rings. The number of carbonyl (C=O) groups is 1. The van der Waals surface area contributed by atoms with Crippen molar-refractivity contribution in [1.29, 1.82) is 0 Å². The van der Waals surface area contributed by atoms with Crippen LogP contribution < -0.4 is 15.4 Å². The average molecular weight is 324 g/mol. The molecule has 0 saturated carbocycles. The Bertz CT molecular complexity index is 665. The first-order valence-electron chi connectivity index (χ1n) is 6.88. The van der Waals surface area contributed by atoms with Crippen LogP contribution in [0.25, 0.3) is 0 Å². The van der Waals surface area contributed by atoms with E-state index in [0.29, 0.717) is 6.42 Å². The number of anilines is 1. The van der Waals surface area contributed by atoms with Crippen molar-refractivity contribution in [3.63, 3.8) is 0 Å². The van der Waals surface area contributed by atoms with Gasteiger partial charge in [-0.2, -0.15) is 8.78 Å². The van der Waals surface area contributed by atoms with E-state index in [0.717, 1.165) is 5.56 Å². The van der Waals surface area contributed by atoms with Gasteiger partial charge in [0.1, 0.15) is 11.6 Å². The molecule has 4 nitrogen and oxygen atoms in total. The maximum absolute atomic E-state index is 13.0. The second-order valence-corrected chi connectivity index (χ2v) is 4.64. The van der Waals surface area contributed by atoms with Crippen LogP contribution in [0.15, 0.2) is 48.5 Å². The molecule has 2 aromatic carbocycles. The van der Waals surface area contributed by atoms with Crippen LogP contribution in [-0.4, -0.2) is 19.2 Å². The number of rotatable bonds is 6. The number of alkyl halides is 2. The predicted octanol–water partition coefficient (Wildman–Crippen LogP) is 3.79. The highest BCUT2D eigenvalue weighted by atomic mass is 19.3. The molecule has 7 heteroatoms. The number of amides is 2. The highest BCUT2D eigenvalue weighted by Crippen LogP contribution is 2.25. The summed E-state index contributed by atoms with van der Waals surface area (Å²) in [6, 6.07) is 11.4. The summed E-state index contributed by atoms with van der Waals surface area (Å²) in [6.07, 6.45) is 0.445. The molecule has 0 heterocycles. The maximum atomic E-state index is 13.0. The lowest BCUT2D eigenvalue weighted by Gasteiger charge is -2.12. The van der Waals surface area contributed by atoms with E-state index in [1.54, 1.807) is 18.2 Å². The van der Waals surface area contributed by atoms with E-state index in [9.17, 15) is 18.0 Å². The zero-order chi connectivity index (χ0) is 16.7. The van der Waals surface area contributed by atoms with Gasteiger partial charge in [-0.15, -0.1) is 0 Å². The van der Waals surface area contributed by atoms with Gasteiger partial charge in [-0.3, -0.25) is 0 Å². The van der Waals surface area contributed by atoms with Crippen molar-refractivity contribution in [2.75, 3.05) is 11.9 Å². The van der Waals surface area contributed by atoms with Gasteiger partial charge in [-0.05, 0) is 36.2 Å². The molecule has 0 radical (unpaired) electrons. The van der Waals surface area contributed by atoms with Crippen LogP contribution in [0.4, 0.5) is 23.7 Å². The zero-order valence-corrected chi connectivity index (χ0v) is 12.1. The first-order valence-corrected chi connectivity index (χ1v) is 6.88. The molecule has 2 N–H and O–H groups in total. The average Bonchev–Trinajstić information content (AvgIpc) is 2.49. The van der Waals surface area contributed by atoms with E-state index < -0.39 is 12.6 Å². The monoisotopic (exact) mass is 324 g/mol. The van der Waals surface area contributed by atoms with Crippen LogP contribution in [-0.2, 0) is 6.42 Å². The fourth-order valence-corrected chi connectivity index (χ4v) is 1.95. The summed E-state index contributed by atoms with van der Waals surface area (Å²) in [5, 5.41) is 5.00. The fourth-order valence-electron chi connectivity index (χ4n) is 1.95. The van der Waals surface area contributed by atoms with Gasteiger partial charge >= 0.3 is 12.6 Å². The lowest BCUT2D eigenvalue weighted by atomic mass is 10.1. The number of halogens is 3. The Kier molecular flexibility index (Phi) is 5.85. The standard InChI is InChI=1S/C16H15F3N2O2/c17-12-5-3-4-11(10-12)8-9-20-16(22)21-13-6-1-2-7-14(13)23-15(18)19/h1-7,10,15H,8-9H2,(H2,20,21,22). The number of urea groups is 1. The van der Waals surface area contributed by atoms with Crippen molar-refractivity contribution in [3.8, 4) is 5.75 Å². The molecule has 0 aliphatic rings. The summed E-state index contributed by atoms with van der Waals surface area (Å²) in [6.45, 7) is -2.71. The molecule has 0 fully saturated rings. The third kappa shape index (κ3) is 5.54. The number of hydrogen-bond acceptors (Lipinski definition) is 2. The van der Waals surface area contributed by atoms with Gasteiger partial charge in [0.05, 0.1) is 5.69 Å². The molecule has 0 unspecified atom stereocenters. The molecule has 0 aliphatic carbocycles. The summed E-state index contributed by atoms with van der Waals surface area (Å²) in [7, 11) is 0. The van der Waals surface area contributed by atoms with E-state index >= 15 is 0 Å². The third-order valence-electron chi connectivity index (χ3n) is 2.94. The van der Waals surface area contributed by atoms with Crippen molar-refractivity contribution in [2.24, 2.45) is 0 Å². The minimum absolute atomic E-state index is 0.122. The molecule has 0 saturated heterocycles. The number of nitrogens with one attached hydrogen (secondary N) is 2. The first kappa shape index (κ1) is 16.7. The van der Waals surface area contributed by atoms with Crippen LogP contribution in [0.1, 0.15) is 5.56 Å². The van der Waals surface area contributed by atoms with Crippen LogP contribution in [0, 0.1) is 5.82 Å². The van der Waals surface area contributed by atoms with E-state index in [1.807, 2.05) is 0 Å². The largest absolute Gasteiger partial charge is 0.433 e. The highest BCUT2D eigenvalue weighted by molar-refractivity contribution is 5.90. The van der Waals surface area contributed by atoms with Crippen molar-refractivity contribution >= 4 is 11.7 Å². The van der Waals surface area contributed by atoms with Gasteiger partial charge in [0, 0.05) is 6.54 Å². The molecule has 0 spiro atoms. The van der Waals surface area contributed by atoms with Crippen molar-refractivity contribution in [1.82, 2.24) is 5.32 Å². The van der Waals surface area contributed by atoms with Gasteiger partial charge in [0.25, 0.3) is 0 Å². The Labute approximate surface area is 131 Å². The Morgan fingerprint density at radius 2 is 1.91 bits per heavy atom. The van der Waals surface area contributed by atoms with E-state index in [2.05, 4.69) is 15.4 Å². The Morgan fingerprint density at radius 1 is 1.13 bits per heavy atom. The quantitative estimate of drug-likeness (QED) is 0.849. The number of hydrogen-bond donors (Lipinski definition) is 2. The number of benzene rings is 2. The van der Waals surface area contributed by atoms with E-state index in [4.69, 9.17) is 0 Å². The molecular formula is C16H15F3N2O2. The lowest BCUT2D eigenvalue weighted by molar-refractivity contribution is -0.0493. The highest BCUT2D eigenvalue weighted by Gasteiger charge is 2.11. The zero-order valence-electron chi connectivity index (χ0n) is 12.1. The van der Waals surface area contributed by atoms with Crippen molar-refractivity contribution in [3.05, 3.63) is 59.9 Å². The summed E-state index contributed by atoms with van der Waals surface area (Å²) in [4.78, 5) is 11.8. The molecule has 0 atom stereocenters. The topological polar surface area (TPSA) is 50.4 Å².